The lowest BCUT2D eigenvalue weighted by atomic mass is 9.96. The van der Waals surface area contributed by atoms with Crippen molar-refractivity contribution in [1.82, 2.24) is 10.8 Å². The highest BCUT2D eigenvalue weighted by atomic mass is 16.7. The van der Waals surface area contributed by atoms with E-state index in [0.717, 1.165) is 25.7 Å². The largest absolute Gasteiger partial charge is 0.479 e. The maximum atomic E-state index is 11.2. The summed E-state index contributed by atoms with van der Waals surface area (Å²) >= 11 is 0. The maximum Gasteiger partial charge on any atom is 0.338 e. The van der Waals surface area contributed by atoms with E-state index in [1.165, 1.54) is 6.42 Å². The molecule has 0 aromatic carbocycles. The van der Waals surface area contributed by atoms with Crippen LogP contribution in [0.4, 0.5) is 4.79 Å². The second-order valence-corrected chi connectivity index (χ2v) is 3.59. The highest BCUT2D eigenvalue weighted by molar-refractivity contribution is 5.73. The second-order valence-electron chi connectivity index (χ2n) is 3.59. The van der Waals surface area contributed by atoms with Gasteiger partial charge in [-0.1, -0.05) is 19.3 Å². The Bertz CT molecular complexity index is 226. The number of carboxylic acid groups (broad SMARTS) is 1. The summed E-state index contributed by atoms with van der Waals surface area (Å²) < 4.78 is 0. The number of hydrogen-bond acceptors (Lipinski definition) is 3. The quantitative estimate of drug-likeness (QED) is 0.601. The Balaban J connectivity index is 2.09. The van der Waals surface area contributed by atoms with Crippen LogP contribution in [0, 0.1) is 0 Å². The topological polar surface area (TPSA) is 87.7 Å². The van der Waals surface area contributed by atoms with Crippen LogP contribution in [-0.2, 0) is 9.63 Å². The predicted octanol–water partition coefficient (Wildman–Crippen LogP) is 0.634. The molecule has 0 unspecified atom stereocenters. The van der Waals surface area contributed by atoms with Gasteiger partial charge >= 0.3 is 12.0 Å². The van der Waals surface area contributed by atoms with Crippen LogP contribution in [0.2, 0.25) is 0 Å². The van der Waals surface area contributed by atoms with Gasteiger partial charge in [-0.15, -0.1) is 0 Å². The van der Waals surface area contributed by atoms with Crippen LogP contribution >= 0.6 is 0 Å². The molecule has 6 nitrogen and oxygen atoms in total. The van der Waals surface area contributed by atoms with E-state index in [-0.39, 0.29) is 6.04 Å². The van der Waals surface area contributed by atoms with Crippen LogP contribution in [0.1, 0.15) is 32.1 Å². The van der Waals surface area contributed by atoms with Crippen LogP contribution < -0.4 is 10.8 Å². The fourth-order valence-electron chi connectivity index (χ4n) is 1.63. The first-order chi connectivity index (χ1) is 7.18. The molecule has 15 heavy (non-hydrogen) atoms. The Morgan fingerprint density at radius 1 is 1.27 bits per heavy atom. The molecule has 86 valence electrons. The van der Waals surface area contributed by atoms with E-state index in [1.807, 2.05) is 5.48 Å². The molecule has 0 atom stereocenters. The highest BCUT2D eigenvalue weighted by Crippen LogP contribution is 2.16. The van der Waals surface area contributed by atoms with Crippen molar-refractivity contribution in [2.24, 2.45) is 0 Å². The van der Waals surface area contributed by atoms with E-state index in [1.54, 1.807) is 0 Å². The number of carbonyl (C=O) groups excluding carboxylic acids is 1. The smallest absolute Gasteiger partial charge is 0.338 e. The average molecular weight is 216 g/mol. The van der Waals surface area contributed by atoms with Crippen molar-refractivity contribution in [3.8, 4) is 0 Å². The minimum Gasteiger partial charge on any atom is -0.479 e. The molecule has 0 bridgehead atoms. The van der Waals surface area contributed by atoms with Crippen LogP contribution in [0.15, 0.2) is 0 Å². The molecule has 6 heteroatoms. The summed E-state index contributed by atoms with van der Waals surface area (Å²) in [5, 5.41) is 11.0. The van der Waals surface area contributed by atoms with E-state index < -0.39 is 18.6 Å². The molecule has 0 aliphatic heterocycles. The number of hydroxylamine groups is 1. The fourth-order valence-corrected chi connectivity index (χ4v) is 1.63. The summed E-state index contributed by atoms with van der Waals surface area (Å²) in [6, 6.07) is -0.282. The number of rotatable bonds is 4. The van der Waals surface area contributed by atoms with Crippen molar-refractivity contribution in [3.63, 3.8) is 0 Å². The SMILES string of the molecule is O=C(O)CONC(=O)NC1CCCCC1. The van der Waals surface area contributed by atoms with Gasteiger partial charge in [-0.05, 0) is 12.8 Å². The molecule has 0 aromatic rings. The zero-order chi connectivity index (χ0) is 11.1. The molecule has 0 spiro atoms. The Labute approximate surface area is 87.9 Å². The van der Waals surface area contributed by atoms with Gasteiger partial charge in [0.1, 0.15) is 0 Å². The summed E-state index contributed by atoms with van der Waals surface area (Å²) in [6.07, 6.45) is 5.43. The first kappa shape index (κ1) is 11.8. The van der Waals surface area contributed by atoms with Gasteiger partial charge in [0.25, 0.3) is 0 Å². The standard InChI is InChI=1S/C9H16N2O4/c12-8(13)6-15-11-9(14)10-7-4-2-1-3-5-7/h7H,1-6H2,(H,12,13)(H2,10,11,14). The van der Waals surface area contributed by atoms with Crippen LogP contribution in [0.3, 0.4) is 0 Å². The summed E-state index contributed by atoms with van der Waals surface area (Å²) in [6.45, 7) is -0.530. The first-order valence-corrected chi connectivity index (χ1v) is 5.08. The lowest BCUT2D eigenvalue weighted by Crippen LogP contribution is -2.43. The molecular weight excluding hydrogens is 200 g/mol. The van der Waals surface area contributed by atoms with Crippen molar-refractivity contribution in [2.75, 3.05) is 6.61 Å². The number of carboxylic acids is 1. The third-order valence-corrected chi connectivity index (χ3v) is 2.30. The molecule has 0 heterocycles. The molecular formula is C9H16N2O4. The number of nitrogens with one attached hydrogen (secondary N) is 2. The van der Waals surface area contributed by atoms with Gasteiger partial charge in [0, 0.05) is 6.04 Å². The molecule has 1 aliphatic carbocycles. The second kappa shape index (κ2) is 6.23. The summed E-state index contributed by atoms with van der Waals surface area (Å²) in [5.41, 5.74) is 2.03. The Morgan fingerprint density at radius 2 is 1.93 bits per heavy atom. The molecule has 0 saturated heterocycles. The number of carbonyl (C=O) groups is 2. The van der Waals surface area contributed by atoms with Gasteiger partial charge in [-0.25, -0.2) is 15.1 Å². The molecule has 1 rings (SSSR count). The van der Waals surface area contributed by atoms with E-state index >= 15 is 0 Å². The van der Waals surface area contributed by atoms with Crippen molar-refractivity contribution >= 4 is 12.0 Å². The lowest BCUT2D eigenvalue weighted by Gasteiger charge is -2.22. The van der Waals surface area contributed by atoms with Gasteiger partial charge in [0.15, 0.2) is 6.61 Å². The van der Waals surface area contributed by atoms with E-state index in [9.17, 15) is 9.59 Å². The molecule has 2 amide bonds. The maximum absolute atomic E-state index is 11.2. The number of amides is 2. The fraction of sp³-hybridized carbons (Fsp3) is 0.778. The monoisotopic (exact) mass is 216 g/mol. The van der Waals surface area contributed by atoms with Crippen molar-refractivity contribution in [3.05, 3.63) is 0 Å². The molecule has 3 N–H and O–H groups in total. The van der Waals surface area contributed by atoms with E-state index in [2.05, 4.69) is 10.2 Å². The Morgan fingerprint density at radius 3 is 2.53 bits per heavy atom. The van der Waals surface area contributed by atoms with Gasteiger partial charge in [0.2, 0.25) is 0 Å². The average Bonchev–Trinajstić information content (AvgIpc) is 2.18. The first-order valence-electron chi connectivity index (χ1n) is 5.08. The van der Waals surface area contributed by atoms with Gasteiger partial charge in [0.05, 0.1) is 0 Å². The predicted molar refractivity (Wildman–Crippen MR) is 52.1 cm³/mol. The number of hydrogen-bond donors (Lipinski definition) is 3. The molecule has 1 aliphatic rings. The summed E-state index contributed by atoms with van der Waals surface area (Å²) in [4.78, 5) is 25.7. The normalized spacial score (nSPS) is 17.1. The Kier molecular flexibility index (Phi) is 4.89. The van der Waals surface area contributed by atoms with E-state index in [4.69, 9.17) is 5.11 Å². The zero-order valence-corrected chi connectivity index (χ0v) is 8.49. The molecule has 0 radical (unpaired) electrons. The van der Waals surface area contributed by atoms with Crippen molar-refractivity contribution in [2.45, 2.75) is 38.1 Å². The van der Waals surface area contributed by atoms with Crippen LogP contribution in [0.25, 0.3) is 0 Å². The highest BCUT2D eigenvalue weighted by Gasteiger charge is 2.15. The Hall–Kier alpha value is -1.30. The molecule has 1 saturated carbocycles. The molecule has 0 aromatic heterocycles. The summed E-state index contributed by atoms with van der Waals surface area (Å²) in [5.74, 6) is -1.12. The number of aliphatic carboxylic acids is 1. The van der Waals surface area contributed by atoms with Crippen LogP contribution in [0.5, 0.6) is 0 Å². The van der Waals surface area contributed by atoms with Crippen LogP contribution in [-0.4, -0.2) is 29.8 Å². The minimum absolute atomic E-state index is 0.187. The number of urea groups is 1. The third-order valence-electron chi connectivity index (χ3n) is 2.30. The van der Waals surface area contributed by atoms with Crippen molar-refractivity contribution < 1.29 is 19.5 Å². The van der Waals surface area contributed by atoms with E-state index in [0.29, 0.717) is 0 Å². The zero-order valence-electron chi connectivity index (χ0n) is 8.49. The lowest BCUT2D eigenvalue weighted by molar-refractivity contribution is -0.144. The molecule has 1 fully saturated rings. The van der Waals surface area contributed by atoms with Gasteiger partial charge in [-0.3, -0.25) is 4.84 Å². The van der Waals surface area contributed by atoms with Gasteiger partial charge < -0.3 is 10.4 Å². The minimum atomic E-state index is -1.12. The van der Waals surface area contributed by atoms with Crippen molar-refractivity contribution in [1.29, 1.82) is 0 Å². The van der Waals surface area contributed by atoms with Gasteiger partial charge in [-0.2, -0.15) is 0 Å². The third kappa shape index (κ3) is 5.21. The summed E-state index contributed by atoms with van der Waals surface area (Å²) in [7, 11) is 0.